The molecule has 0 saturated carbocycles. The van der Waals surface area contributed by atoms with Gasteiger partial charge in [-0.25, -0.2) is 4.98 Å². The van der Waals surface area contributed by atoms with Crippen LogP contribution in [0.2, 0.25) is 0 Å². The van der Waals surface area contributed by atoms with E-state index in [-0.39, 0.29) is 0 Å². The van der Waals surface area contributed by atoms with E-state index in [1.165, 1.54) is 0 Å². The fourth-order valence-electron chi connectivity index (χ4n) is 1.41. The third-order valence-electron chi connectivity index (χ3n) is 2.31. The first kappa shape index (κ1) is 10.4. The number of aliphatic carboxylic acids is 1. The number of rotatable bonds is 3. The largest absolute Gasteiger partial charge is 0.480 e. The van der Waals surface area contributed by atoms with E-state index in [9.17, 15) is 4.79 Å². The minimum atomic E-state index is -1.04. The number of carboxylic acid groups (broad SMARTS) is 1. The summed E-state index contributed by atoms with van der Waals surface area (Å²) in [5.74, 6) is -0.291. The van der Waals surface area contributed by atoms with Crippen molar-refractivity contribution in [2.75, 3.05) is 0 Å². The number of imidazole rings is 1. The lowest BCUT2D eigenvalue weighted by molar-refractivity contribution is -0.138. The van der Waals surface area contributed by atoms with Crippen molar-refractivity contribution in [2.45, 2.75) is 6.04 Å². The Balaban J connectivity index is 2.26. The number of benzene rings is 1. The number of nitrogens with two attached hydrogens (primary N) is 1. The number of aromatic amines is 1. The van der Waals surface area contributed by atoms with E-state index >= 15 is 0 Å². The molecule has 5 heteroatoms. The van der Waals surface area contributed by atoms with Crippen LogP contribution in [-0.4, -0.2) is 21.0 Å². The van der Waals surface area contributed by atoms with Gasteiger partial charge in [0.15, 0.2) is 0 Å². The van der Waals surface area contributed by atoms with Gasteiger partial charge in [-0.05, 0) is 5.56 Å². The molecule has 16 heavy (non-hydrogen) atoms. The third-order valence-corrected chi connectivity index (χ3v) is 2.31. The number of hydrogen-bond donors (Lipinski definition) is 3. The van der Waals surface area contributed by atoms with Crippen LogP contribution in [-0.2, 0) is 4.79 Å². The summed E-state index contributed by atoms with van der Waals surface area (Å²) in [5.41, 5.74) is 6.95. The Morgan fingerprint density at radius 1 is 1.38 bits per heavy atom. The zero-order chi connectivity index (χ0) is 11.5. The number of carbonyl (C=O) groups is 1. The van der Waals surface area contributed by atoms with E-state index in [1.807, 2.05) is 0 Å². The van der Waals surface area contributed by atoms with Crippen molar-refractivity contribution < 1.29 is 9.90 Å². The molecule has 4 N–H and O–H groups in total. The maximum absolute atomic E-state index is 10.7. The highest BCUT2D eigenvalue weighted by Gasteiger charge is 2.13. The summed E-state index contributed by atoms with van der Waals surface area (Å²) in [6.07, 6.45) is 3.39. The highest BCUT2D eigenvalue weighted by molar-refractivity contribution is 5.75. The molecule has 0 spiro atoms. The summed E-state index contributed by atoms with van der Waals surface area (Å²) < 4.78 is 0. The van der Waals surface area contributed by atoms with Crippen molar-refractivity contribution >= 4 is 5.97 Å². The lowest BCUT2D eigenvalue weighted by Gasteiger charge is -2.06. The fourth-order valence-corrected chi connectivity index (χ4v) is 1.41. The number of H-pyrrole nitrogens is 1. The molecule has 0 saturated heterocycles. The summed E-state index contributed by atoms with van der Waals surface area (Å²) >= 11 is 0. The van der Waals surface area contributed by atoms with Crippen LogP contribution in [0.5, 0.6) is 0 Å². The lowest BCUT2D eigenvalue weighted by atomic mass is 10.1. The van der Waals surface area contributed by atoms with E-state index < -0.39 is 12.0 Å². The average Bonchev–Trinajstić information content (AvgIpc) is 2.81. The van der Waals surface area contributed by atoms with E-state index in [0.29, 0.717) is 5.56 Å². The van der Waals surface area contributed by atoms with Gasteiger partial charge in [0.1, 0.15) is 11.9 Å². The summed E-state index contributed by atoms with van der Waals surface area (Å²) in [6, 6.07) is 5.98. The zero-order valence-corrected chi connectivity index (χ0v) is 8.42. The first-order chi connectivity index (χ1) is 7.68. The fraction of sp³-hybridized carbons (Fsp3) is 0.0909. The van der Waals surface area contributed by atoms with Gasteiger partial charge in [-0.1, -0.05) is 24.3 Å². The van der Waals surface area contributed by atoms with Gasteiger partial charge in [0.2, 0.25) is 0 Å². The first-order valence-electron chi connectivity index (χ1n) is 4.76. The zero-order valence-electron chi connectivity index (χ0n) is 8.42. The van der Waals surface area contributed by atoms with Gasteiger partial charge in [0.25, 0.3) is 0 Å². The van der Waals surface area contributed by atoms with Gasteiger partial charge in [0.05, 0.1) is 0 Å². The van der Waals surface area contributed by atoms with Crippen molar-refractivity contribution in [2.24, 2.45) is 5.73 Å². The molecule has 1 heterocycles. The predicted molar refractivity (Wildman–Crippen MR) is 58.6 cm³/mol. The third kappa shape index (κ3) is 1.94. The van der Waals surface area contributed by atoms with E-state index in [1.54, 1.807) is 36.7 Å². The number of hydrogen-bond acceptors (Lipinski definition) is 3. The molecule has 0 aliphatic carbocycles. The second-order valence-electron chi connectivity index (χ2n) is 3.38. The molecule has 1 aromatic carbocycles. The molecular weight excluding hydrogens is 206 g/mol. The Kier molecular flexibility index (Phi) is 2.70. The predicted octanol–water partition coefficient (Wildman–Crippen LogP) is 1.16. The Morgan fingerprint density at radius 3 is 2.56 bits per heavy atom. The Labute approximate surface area is 91.9 Å². The maximum Gasteiger partial charge on any atom is 0.325 e. The molecule has 0 fully saturated rings. The topological polar surface area (TPSA) is 92.0 Å². The summed E-state index contributed by atoms with van der Waals surface area (Å²) in [5, 5.41) is 8.75. The molecule has 1 atom stereocenters. The summed E-state index contributed by atoms with van der Waals surface area (Å²) in [4.78, 5) is 17.7. The normalized spacial score (nSPS) is 12.3. The van der Waals surface area contributed by atoms with Gasteiger partial charge >= 0.3 is 5.97 Å². The van der Waals surface area contributed by atoms with Gasteiger partial charge in [-0.3, -0.25) is 4.79 Å². The van der Waals surface area contributed by atoms with Gasteiger partial charge in [0, 0.05) is 18.0 Å². The SMILES string of the molecule is NC(C(=O)O)c1ccc(-c2ncc[nH]2)cc1. The molecule has 0 amide bonds. The number of aromatic nitrogens is 2. The second kappa shape index (κ2) is 4.16. The summed E-state index contributed by atoms with van der Waals surface area (Å²) in [6.45, 7) is 0. The molecule has 5 nitrogen and oxygen atoms in total. The lowest BCUT2D eigenvalue weighted by Crippen LogP contribution is -2.20. The molecular formula is C11H11N3O2. The van der Waals surface area contributed by atoms with E-state index in [2.05, 4.69) is 9.97 Å². The van der Waals surface area contributed by atoms with Crippen molar-refractivity contribution in [1.29, 1.82) is 0 Å². The van der Waals surface area contributed by atoms with Crippen molar-refractivity contribution in [3.63, 3.8) is 0 Å². The van der Waals surface area contributed by atoms with E-state index in [0.717, 1.165) is 11.4 Å². The average molecular weight is 217 g/mol. The van der Waals surface area contributed by atoms with Crippen molar-refractivity contribution in [3.05, 3.63) is 42.2 Å². The molecule has 2 rings (SSSR count). The van der Waals surface area contributed by atoms with Crippen LogP contribution in [0, 0.1) is 0 Å². The Morgan fingerprint density at radius 2 is 2.06 bits per heavy atom. The Hall–Kier alpha value is -2.14. The monoisotopic (exact) mass is 217 g/mol. The van der Waals surface area contributed by atoms with Gasteiger partial charge in [-0.15, -0.1) is 0 Å². The van der Waals surface area contributed by atoms with Gasteiger partial charge < -0.3 is 15.8 Å². The van der Waals surface area contributed by atoms with Gasteiger partial charge in [-0.2, -0.15) is 0 Å². The Bertz CT molecular complexity index is 476. The van der Waals surface area contributed by atoms with Crippen LogP contribution in [0.15, 0.2) is 36.7 Å². The molecule has 1 aromatic heterocycles. The second-order valence-corrected chi connectivity index (χ2v) is 3.38. The first-order valence-corrected chi connectivity index (χ1v) is 4.76. The minimum Gasteiger partial charge on any atom is -0.480 e. The molecule has 1 unspecified atom stereocenters. The number of nitrogens with one attached hydrogen (secondary N) is 1. The van der Waals surface area contributed by atoms with Crippen molar-refractivity contribution in [1.82, 2.24) is 9.97 Å². The van der Waals surface area contributed by atoms with Crippen LogP contribution in [0.3, 0.4) is 0 Å². The highest BCUT2D eigenvalue weighted by Crippen LogP contribution is 2.18. The summed E-state index contributed by atoms with van der Waals surface area (Å²) in [7, 11) is 0. The molecule has 0 radical (unpaired) electrons. The van der Waals surface area contributed by atoms with Crippen molar-refractivity contribution in [3.8, 4) is 11.4 Å². The van der Waals surface area contributed by atoms with Crippen LogP contribution >= 0.6 is 0 Å². The highest BCUT2D eigenvalue weighted by atomic mass is 16.4. The van der Waals surface area contributed by atoms with Crippen LogP contribution in [0.4, 0.5) is 0 Å². The van der Waals surface area contributed by atoms with E-state index in [4.69, 9.17) is 10.8 Å². The van der Waals surface area contributed by atoms with Crippen LogP contribution in [0.25, 0.3) is 11.4 Å². The number of carboxylic acids is 1. The van der Waals surface area contributed by atoms with Crippen LogP contribution in [0.1, 0.15) is 11.6 Å². The standard InChI is InChI=1S/C11H11N3O2/c12-9(11(15)16)7-1-3-8(4-2-7)10-13-5-6-14-10/h1-6,9H,12H2,(H,13,14)(H,15,16). The smallest absolute Gasteiger partial charge is 0.325 e. The van der Waals surface area contributed by atoms with Crippen LogP contribution < -0.4 is 5.73 Å². The molecule has 2 aromatic rings. The number of nitrogens with zero attached hydrogens (tertiary/aromatic N) is 1. The quantitative estimate of drug-likeness (QED) is 0.719. The molecule has 0 bridgehead atoms. The molecule has 0 aliphatic heterocycles. The molecule has 82 valence electrons. The maximum atomic E-state index is 10.7. The molecule has 0 aliphatic rings. The minimum absolute atomic E-state index is 0.572.